The zero-order valence-corrected chi connectivity index (χ0v) is 11.7. The molecule has 0 saturated carbocycles. The van der Waals surface area contributed by atoms with E-state index >= 15 is 0 Å². The Bertz CT molecular complexity index is 560. The molecule has 6 heteroatoms. The van der Waals surface area contributed by atoms with E-state index in [-0.39, 0.29) is 5.76 Å². The van der Waals surface area contributed by atoms with Gasteiger partial charge in [0.15, 0.2) is 0 Å². The fraction of sp³-hybridized carbons (Fsp3) is 0.429. The van der Waals surface area contributed by atoms with Gasteiger partial charge >= 0.3 is 5.97 Å². The second-order valence-corrected chi connectivity index (χ2v) is 4.57. The van der Waals surface area contributed by atoms with Crippen molar-refractivity contribution in [3.05, 3.63) is 41.1 Å². The maximum Gasteiger partial charge on any atom is 0.374 e. The molecule has 0 spiro atoms. The predicted octanol–water partition coefficient (Wildman–Crippen LogP) is 1.82. The number of H-pyrrole nitrogens is 1. The zero-order chi connectivity index (χ0) is 14.4. The molecular formula is C14H19N3O3. The van der Waals surface area contributed by atoms with Crippen molar-refractivity contribution in [2.75, 3.05) is 13.7 Å². The lowest BCUT2D eigenvalue weighted by atomic mass is 10.1. The molecule has 2 aromatic rings. The van der Waals surface area contributed by atoms with Crippen LogP contribution in [0.15, 0.2) is 22.9 Å². The summed E-state index contributed by atoms with van der Waals surface area (Å²) < 4.78 is 9.78. The molecule has 2 heterocycles. The number of methoxy groups -OCH3 is 1. The SMILES string of the molecule is COC(=O)c1occc1CNCCCc1cn[nH]c1C. The number of aryl methyl sites for hydroxylation is 2. The number of aromatic nitrogens is 2. The van der Waals surface area contributed by atoms with E-state index in [4.69, 9.17) is 4.42 Å². The van der Waals surface area contributed by atoms with Gasteiger partial charge in [-0.2, -0.15) is 5.10 Å². The molecule has 20 heavy (non-hydrogen) atoms. The first kappa shape index (κ1) is 14.3. The van der Waals surface area contributed by atoms with Crippen molar-refractivity contribution in [3.8, 4) is 0 Å². The van der Waals surface area contributed by atoms with Crippen LogP contribution in [0.2, 0.25) is 0 Å². The molecule has 0 aliphatic carbocycles. The van der Waals surface area contributed by atoms with E-state index in [1.165, 1.54) is 18.9 Å². The molecule has 2 aromatic heterocycles. The summed E-state index contributed by atoms with van der Waals surface area (Å²) in [5.41, 5.74) is 3.18. The quantitative estimate of drug-likeness (QED) is 0.596. The molecule has 2 N–H and O–H groups in total. The largest absolute Gasteiger partial charge is 0.463 e. The highest BCUT2D eigenvalue weighted by Crippen LogP contribution is 2.11. The summed E-state index contributed by atoms with van der Waals surface area (Å²) in [4.78, 5) is 11.4. The summed E-state index contributed by atoms with van der Waals surface area (Å²) in [5, 5.41) is 10.2. The van der Waals surface area contributed by atoms with Gasteiger partial charge in [0.1, 0.15) is 0 Å². The van der Waals surface area contributed by atoms with Crippen molar-refractivity contribution in [2.45, 2.75) is 26.3 Å². The van der Waals surface area contributed by atoms with Crippen LogP contribution in [0.3, 0.4) is 0 Å². The Morgan fingerprint density at radius 3 is 3.05 bits per heavy atom. The van der Waals surface area contributed by atoms with Gasteiger partial charge in [-0.15, -0.1) is 0 Å². The van der Waals surface area contributed by atoms with E-state index in [0.717, 1.165) is 30.6 Å². The summed E-state index contributed by atoms with van der Waals surface area (Å²) >= 11 is 0. The monoisotopic (exact) mass is 277 g/mol. The molecule has 0 atom stereocenters. The van der Waals surface area contributed by atoms with Gasteiger partial charge in [0, 0.05) is 17.8 Å². The van der Waals surface area contributed by atoms with Gasteiger partial charge in [0.05, 0.1) is 19.6 Å². The van der Waals surface area contributed by atoms with Crippen LogP contribution in [-0.2, 0) is 17.7 Å². The minimum Gasteiger partial charge on any atom is -0.463 e. The third-order valence-electron chi connectivity index (χ3n) is 3.17. The van der Waals surface area contributed by atoms with Crippen LogP contribution in [-0.4, -0.2) is 29.8 Å². The van der Waals surface area contributed by atoms with Crippen LogP contribution in [0.5, 0.6) is 0 Å². The first-order valence-electron chi connectivity index (χ1n) is 6.56. The maximum absolute atomic E-state index is 11.4. The summed E-state index contributed by atoms with van der Waals surface area (Å²) in [6, 6.07) is 1.78. The number of nitrogens with one attached hydrogen (secondary N) is 2. The summed E-state index contributed by atoms with van der Waals surface area (Å²) in [7, 11) is 1.34. The highest BCUT2D eigenvalue weighted by Gasteiger charge is 2.14. The van der Waals surface area contributed by atoms with Gasteiger partial charge in [-0.1, -0.05) is 0 Å². The molecule has 2 rings (SSSR count). The summed E-state index contributed by atoms with van der Waals surface area (Å²) in [6.45, 7) is 3.46. The zero-order valence-electron chi connectivity index (χ0n) is 11.7. The summed E-state index contributed by atoms with van der Waals surface area (Å²) in [5.74, 6) is -0.175. The minimum absolute atomic E-state index is 0.269. The molecular weight excluding hydrogens is 258 g/mol. The Hall–Kier alpha value is -2.08. The van der Waals surface area contributed by atoms with E-state index in [1.54, 1.807) is 6.07 Å². The number of nitrogens with zero attached hydrogens (tertiary/aromatic N) is 1. The van der Waals surface area contributed by atoms with Crippen LogP contribution < -0.4 is 5.32 Å². The van der Waals surface area contributed by atoms with Crippen LogP contribution in [0.1, 0.15) is 33.8 Å². The smallest absolute Gasteiger partial charge is 0.374 e. The van der Waals surface area contributed by atoms with Crippen molar-refractivity contribution in [3.63, 3.8) is 0 Å². The third-order valence-corrected chi connectivity index (χ3v) is 3.17. The van der Waals surface area contributed by atoms with E-state index in [9.17, 15) is 4.79 Å². The molecule has 0 bridgehead atoms. The molecule has 0 aliphatic heterocycles. The second-order valence-electron chi connectivity index (χ2n) is 4.57. The normalized spacial score (nSPS) is 10.7. The van der Waals surface area contributed by atoms with Gasteiger partial charge in [0.25, 0.3) is 0 Å². The predicted molar refractivity (Wildman–Crippen MR) is 73.4 cm³/mol. The van der Waals surface area contributed by atoms with Gasteiger partial charge in [-0.05, 0) is 37.9 Å². The molecule has 0 aliphatic rings. The van der Waals surface area contributed by atoms with Crippen LogP contribution in [0.4, 0.5) is 0 Å². The Morgan fingerprint density at radius 2 is 2.35 bits per heavy atom. The lowest BCUT2D eigenvalue weighted by molar-refractivity contribution is 0.0563. The number of rotatable bonds is 7. The van der Waals surface area contributed by atoms with Crippen molar-refractivity contribution in [1.29, 1.82) is 0 Å². The van der Waals surface area contributed by atoms with Crippen molar-refractivity contribution in [2.24, 2.45) is 0 Å². The number of carbonyl (C=O) groups is 1. The van der Waals surface area contributed by atoms with E-state index < -0.39 is 5.97 Å². The van der Waals surface area contributed by atoms with Crippen LogP contribution in [0, 0.1) is 6.92 Å². The van der Waals surface area contributed by atoms with Crippen LogP contribution in [0.25, 0.3) is 0 Å². The maximum atomic E-state index is 11.4. The van der Waals surface area contributed by atoms with E-state index in [2.05, 4.69) is 20.3 Å². The number of carbonyl (C=O) groups excluding carboxylic acids is 1. The van der Waals surface area contributed by atoms with E-state index in [1.807, 2.05) is 13.1 Å². The first-order chi connectivity index (χ1) is 9.72. The fourth-order valence-corrected chi connectivity index (χ4v) is 2.00. The Morgan fingerprint density at radius 1 is 1.50 bits per heavy atom. The fourth-order valence-electron chi connectivity index (χ4n) is 2.00. The molecule has 6 nitrogen and oxygen atoms in total. The number of furan rings is 1. The van der Waals surface area contributed by atoms with Gasteiger partial charge in [-0.25, -0.2) is 4.79 Å². The van der Waals surface area contributed by atoms with E-state index in [0.29, 0.717) is 6.54 Å². The summed E-state index contributed by atoms with van der Waals surface area (Å²) in [6.07, 6.45) is 5.34. The molecule has 0 radical (unpaired) electrons. The Kier molecular flexibility index (Phi) is 4.95. The molecule has 0 saturated heterocycles. The Labute approximate surface area is 117 Å². The highest BCUT2D eigenvalue weighted by atomic mass is 16.5. The number of aromatic amines is 1. The molecule has 0 aromatic carbocycles. The molecule has 0 unspecified atom stereocenters. The number of hydrogen-bond donors (Lipinski definition) is 2. The van der Waals surface area contributed by atoms with Gasteiger partial charge in [-0.3, -0.25) is 5.10 Å². The number of ether oxygens (including phenoxy) is 1. The lowest BCUT2D eigenvalue weighted by Crippen LogP contribution is -2.17. The van der Waals surface area contributed by atoms with Crippen LogP contribution >= 0.6 is 0 Å². The highest BCUT2D eigenvalue weighted by molar-refractivity contribution is 5.87. The Balaban J connectivity index is 1.73. The van der Waals surface area contributed by atoms with Gasteiger partial charge < -0.3 is 14.5 Å². The van der Waals surface area contributed by atoms with Gasteiger partial charge in [0.2, 0.25) is 5.76 Å². The lowest BCUT2D eigenvalue weighted by Gasteiger charge is -2.04. The average Bonchev–Trinajstić information content (AvgIpc) is 3.07. The molecule has 108 valence electrons. The number of hydrogen-bond acceptors (Lipinski definition) is 5. The second kappa shape index (κ2) is 6.91. The van der Waals surface area contributed by atoms with Crippen molar-refractivity contribution in [1.82, 2.24) is 15.5 Å². The first-order valence-corrected chi connectivity index (χ1v) is 6.56. The topological polar surface area (TPSA) is 80.2 Å². The standard InChI is InChI=1S/C14H19N3O3/c1-10-11(9-16-17-10)4-3-6-15-8-12-5-7-20-13(12)14(18)19-2/h5,7,9,15H,3-4,6,8H2,1-2H3,(H,16,17). The average molecular weight is 277 g/mol. The van der Waals surface area contributed by atoms with Crippen molar-refractivity contribution < 1.29 is 13.9 Å². The number of esters is 1. The molecule has 0 fully saturated rings. The minimum atomic E-state index is -0.444. The van der Waals surface area contributed by atoms with Crippen molar-refractivity contribution >= 4 is 5.97 Å². The third kappa shape index (κ3) is 3.48. The molecule has 0 amide bonds.